The van der Waals surface area contributed by atoms with Gasteiger partial charge in [0, 0.05) is 11.2 Å². The number of carbonyl (C=O) groups excluding carboxylic acids is 1. The Kier molecular flexibility index (Phi) is 4.21. The summed E-state index contributed by atoms with van der Waals surface area (Å²) in [6, 6.07) is 0. The molecule has 4 bridgehead atoms. The van der Waals surface area contributed by atoms with Crippen molar-refractivity contribution >= 4 is 24.6 Å². The lowest BCUT2D eigenvalue weighted by molar-refractivity contribution is -0.177. The third-order valence-electron chi connectivity index (χ3n) is 5.72. The highest BCUT2D eigenvalue weighted by atomic mass is 32.1. The average molecular weight is 312 g/mol. The molecule has 118 valence electrons. The quantitative estimate of drug-likeness (QED) is 0.585. The summed E-state index contributed by atoms with van der Waals surface area (Å²) in [6.45, 7) is 0. The number of carboxylic acid groups (broad SMARTS) is 1. The first-order valence-electron chi connectivity index (χ1n) is 8.03. The van der Waals surface area contributed by atoms with Crippen LogP contribution in [-0.4, -0.2) is 28.9 Å². The van der Waals surface area contributed by atoms with Crippen molar-refractivity contribution in [2.45, 2.75) is 57.5 Å². The van der Waals surface area contributed by atoms with Crippen molar-refractivity contribution in [1.82, 2.24) is 0 Å². The fourth-order valence-electron chi connectivity index (χ4n) is 5.42. The van der Waals surface area contributed by atoms with E-state index < -0.39 is 12.1 Å². The van der Waals surface area contributed by atoms with Crippen molar-refractivity contribution in [2.24, 2.45) is 23.2 Å². The van der Waals surface area contributed by atoms with Gasteiger partial charge in [-0.05, 0) is 56.3 Å². The van der Waals surface area contributed by atoms with E-state index in [2.05, 4.69) is 12.6 Å². The van der Waals surface area contributed by atoms with Gasteiger partial charge in [0.25, 0.3) is 0 Å². The van der Waals surface area contributed by atoms with Gasteiger partial charge < -0.3 is 9.84 Å². The summed E-state index contributed by atoms with van der Waals surface area (Å²) in [5.41, 5.74) is -0.0700. The van der Waals surface area contributed by atoms with Crippen molar-refractivity contribution in [1.29, 1.82) is 0 Å². The molecule has 0 saturated heterocycles. The van der Waals surface area contributed by atoms with Gasteiger partial charge in [-0.3, -0.25) is 9.59 Å². The van der Waals surface area contributed by atoms with Gasteiger partial charge in [-0.2, -0.15) is 12.6 Å². The number of rotatable bonds is 6. The summed E-state index contributed by atoms with van der Waals surface area (Å²) in [5.74, 6) is 1.43. The zero-order chi connectivity index (χ0) is 15.0. The van der Waals surface area contributed by atoms with E-state index in [0.29, 0.717) is 5.75 Å². The normalized spacial score (nSPS) is 38.2. The smallest absolute Gasteiger partial charge is 0.307 e. The van der Waals surface area contributed by atoms with Gasteiger partial charge in [0.2, 0.25) is 0 Å². The third-order valence-corrected chi connectivity index (χ3v) is 5.94. The highest BCUT2D eigenvalue weighted by Gasteiger charge is 2.55. The third kappa shape index (κ3) is 3.08. The van der Waals surface area contributed by atoms with Crippen LogP contribution in [0.15, 0.2) is 0 Å². The van der Waals surface area contributed by atoms with Crippen molar-refractivity contribution in [3.05, 3.63) is 0 Å². The molecule has 4 fully saturated rings. The molecule has 0 radical (unpaired) electrons. The summed E-state index contributed by atoms with van der Waals surface area (Å²) in [4.78, 5) is 23.1. The lowest BCUT2D eigenvalue weighted by Crippen LogP contribution is -2.53. The molecule has 4 aliphatic carbocycles. The molecule has 1 unspecified atom stereocenters. The fraction of sp³-hybridized carbons (Fsp3) is 0.875. The second kappa shape index (κ2) is 5.82. The predicted molar refractivity (Wildman–Crippen MR) is 81.2 cm³/mol. The Morgan fingerprint density at radius 2 is 1.67 bits per heavy atom. The second-order valence-corrected chi connectivity index (χ2v) is 7.78. The standard InChI is InChI=1S/C16H24O4S/c17-14(18)6-13(20-15(19)1-2-21)16-7-10-3-11(8-16)5-12(4-10)9-16/h10-13,21H,1-9H2,(H,17,18). The van der Waals surface area contributed by atoms with Crippen molar-refractivity contribution in [3.63, 3.8) is 0 Å². The molecule has 5 heteroatoms. The maximum Gasteiger partial charge on any atom is 0.307 e. The topological polar surface area (TPSA) is 63.6 Å². The van der Waals surface area contributed by atoms with Crippen LogP contribution >= 0.6 is 12.6 Å². The first-order valence-corrected chi connectivity index (χ1v) is 8.66. The number of hydrogen-bond acceptors (Lipinski definition) is 4. The molecule has 0 aliphatic heterocycles. The lowest BCUT2D eigenvalue weighted by Gasteiger charge is -2.58. The van der Waals surface area contributed by atoms with E-state index in [4.69, 9.17) is 4.74 Å². The number of hydrogen-bond donors (Lipinski definition) is 2. The second-order valence-electron chi connectivity index (χ2n) is 7.33. The molecule has 1 N–H and O–H groups in total. The molecule has 4 saturated carbocycles. The summed E-state index contributed by atoms with van der Waals surface area (Å²) in [7, 11) is 0. The largest absolute Gasteiger partial charge is 0.481 e. The van der Waals surface area contributed by atoms with Crippen molar-refractivity contribution in [3.8, 4) is 0 Å². The Bertz CT molecular complexity index is 399. The van der Waals surface area contributed by atoms with Gasteiger partial charge in [0.05, 0.1) is 12.8 Å². The molecule has 1 atom stereocenters. The monoisotopic (exact) mass is 312 g/mol. The predicted octanol–water partition coefficient (Wildman–Crippen LogP) is 2.91. The van der Waals surface area contributed by atoms with Gasteiger partial charge in [-0.25, -0.2) is 0 Å². The highest BCUT2D eigenvalue weighted by molar-refractivity contribution is 7.80. The first kappa shape index (κ1) is 15.2. The molecule has 21 heavy (non-hydrogen) atoms. The fourth-order valence-corrected chi connectivity index (χ4v) is 5.61. The summed E-state index contributed by atoms with van der Waals surface area (Å²) >= 11 is 4.05. The van der Waals surface area contributed by atoms with E-state index >= 15 is 0 Å². The minimum atomic E-state index is -0.866. The van der Waals surface area contributed by atoms with E-state index in [-0.39, 0.29) is 24.2 Å². The van der Waals surface area contributed by atoms with Crippen LogP contribution in [0.2, 0.25) is 0 Å². The van der Waals surface area contributed by atoms with Crippen molar-refractivity contribution in [2.75, 3.05) is 5.75 Å². The number of carboxylic acids is 1. The molecule has 4 aliphatic rings. The van der Waals surface area contributed by atoms with Gasteiger partial charge >= 0.3 is 11.9 Å². The zero-order valence-electron chi connectivity index (χ0n) is 12.3. The maximum absolute atomic E-state index is 11.9. The summed E-state index contributed by atoms with van der Waals surface area (Å²) < 4.78 is 5.62. The van der Waals surface area contributed by atoms with Crippen LogP contribution in [-0.2, 0) is 14.3 Å². The molecule has 0 aromatic rings. The Labute approximate surface area is 131 Å². The number of carbonyl (C=O) groups is 2. The Hall–Kier alpha value is -0.710. The van der Waals surface area contributed by atoms with E-state index in [1.807, 2.05) is 0 Å². The lowest BCUT2D eigenvalue weighted by atomic mass is 9.48. The number of aliphatic carboxylic acids is 1. The van der Waals surface area contributed by atoms with Crippen LogP contribution in [0, 0.1) is 23.2 Å². The molecule has 4 nitrogen and oxygen atoms in total. The highest BCUT2D eigenvalue weighted by Crippen LogP contribution is 2.62. The minimum Gasteiger partial charge on any atom is -0.481 e. The van der Waals surface area contributed by atoms with E-state index in [1.165, 1.54) is 19.3 Å². The van der Waals surface area contributed by atoms with Crippen LogP contribution < -0.4 is 0 Å². The number of esters is 1. The number of thiol groups is 1. The molecule has 4 rings (SSSR count). The summed E-state index contributed by atoms with van der Waals surface area (Å²) in [6.07, 6.45) is 6.78. The van der Waals surface area contributed by atoms with E-state index in [0.717, 1.165) is 37.0 Å². The molecular formula is C16H24O4S. The van der Waals surface area contributed by atoms with Crippen LogP contribution in [0.3, 0.4) is 0 Å². The Morgan fingerprint density at radius 3 is 2.10 bits per heavy atom. The van der Waals surface area contributed by atoms with Gasteiger partial charge in [-0.1, -0.05) is 0 Å². The maximum atomic E-state index is 11.9. The molecule has 0 heterocycles. The van der Waals surface area contributed by atoms with Crippen LogP contribution in [0.4, 0.5) is 0 Å². The SMILES string of the molecule is O=C(O)CC(OC(=O)CCS)C12CC3CC(CC(C3)C1)C2. The molecular weight excluding hydrogens is 288 g/mol. The molecule has 0 aromatic carbocycles. The van der Waals surface area contributed by atoms with Crippen LogP contribution in [0.5, 0.6) is 0 Å². The minimum absolute atomic E-state index is 0.0511. The van der Waals surface area contributed by atoms with Gasteiger partial charge in [0.15, 0.2) is 0 Å². The Balaban J connectivity index is 1.78. The van der Waals surface area contributed by atoms with E-state index in [9.17, 15) is 14.7 Å². The Morgan fingerprint density at radius 1 is 1.14 bits per heavy atom. The zero-order valence-corrected chi connectivity index (χ0v) is 13.2. The average Bonchev–Trinajstić information content (AvgIpc) is 2.36. The van der Waals surface area contributed by atoms with Crippen molar-refractivity contribution < 1.29 is 19.4 Å². The van der Waals surface area contributed by atoms with Gasteiger partial charge in [0.1, 0.15) is 6.10 Å². The molecule has 0 aromatic heterocycles. The molecule has 0 spiro atoms. The first-order chi connectivity index (χ1) is 10.0. The molecule has 0 amide bonds. The van der Waals surface area contributed by atoms with Gasteiger partial charge in [-0.15, -0.1) is 0 Å². The van der Waals surface area contributed by atoms with Crippen LogP contribution in [0.1, 0.15) is 51.4 Å². The van der Waals surface area contributed by atoms with E-state index in [1.54, 1.807) is 0 Å². The summed E-state index contributed by atoms with van der Waals surface area (Å²) in [5, 5.41) is 9.22. The number of ether oxygens (including phenoxy) is 1. The van der Waals surface area contributed by atoms with Crippen LogP contribution in [0.25, 0.3) is 0 Å².